The lowest BCUT2D eigenvalue weighted by atomic mass is 10.1. The van der Waals surface area contributed by atoms with Crippen molar-refractivity contribution in [1.82, 2.24) is 14.5 Å². The van der Waals surface area contributed by atoms with Gasteiger partial charge in [-0.3, -0.25) is 0 Å². The Labute approximate surface area is 246 Å². The maximum atomic E-state index is 14.2. The third kappa shape index (κ3) is 5.82. The number of pyridine rings is 1. The standard InChI is InChI=1S/C32H25FN4O5S/c33-26-14-21(17-34)6-9-24(26)19-42-31-3-1-2-27(36-31)22-7-4-20(5-8-22)15-30-35-28-11-10-23(32(38)39)16-29(28)37(30)18-25-12-13-43(25,40)41/h1-11,14,16,25H,12-13,15,18-19H2,(H,38,39)/t25-/m1/s1. The van der Waals surface area contributed by atoms with Crippen LogP contribution in [0.15, 0.2) is 78.9 Å². The summed E-state index contributed by atoms with van der Waals surface area (Å²) in [5, 5.41) is 17.9. The number of carboxylic acids is 1. The van der Waals surface area contributed by atoms with Crippen LogP contribution in [0.2, 0.25) is 0 Å². The lowest BCUT2D eigenvalue weighted by Crippen LogP contribution is -2.40. The van der Waals surface area contributed by atoms with Crippen LogP contribution in [0.3, 0.4) is 0 Å². The summed E-state index contributed by atoms with van der Waals surface area (Å²) >= 11 is 0. The molecular weight excluding hydrogens is 571 g/mol. The molecule has 0 spiro atoms. The Morgan fingerprint density at radius 3 is 2.56 bits per heavy atom. The number of ether oxygens (including phenoxy) is 1. The zero-order valence-corrected chi connectivity index (χ0v) is 23.6. The number of fused-ring (bicyclic) bond motifs is 1. The summed E-state index contributed by atoms with van der Waals surface area (Å²) in [4.78, 5) is 20.9. The Kier molecular flexibility index (Phi) is 7.38. The third-order valence-electron chi connectivity index (χ3n) is 7.59. The number of imidazole rings is 1. The minimum absolute atomic E-state index is 0.0376. The number of nitrogens with zero attached hydrogens (tertiary/aromatic N) is 4. The van der Waals surface area contributed by atoms with Gasteiger partial charge in [0.1, 0.15) is 18.2 Å². The highest BCUT2D eigenvalue weighted by Crippen LogP contribution is 2.28. The summed E-state index contributed by atoms with van der Waals surface area (Å²) in [7, 11) is -3.16. The lowest BCUT2D eigenvalue weighted by Gasteiger charge is -2.27. The van der Waals surface area contributed by atoms with E-state index in [1.54, 1.807) is 24.3 Å². The molecule has 0 aliphatic carbocycles. The average Bonchev–Trinajstić information content (AvgIpc) is 3.34. The van der Waals surface area contributed by atoms with E-state index in [0.29, 0.717) is 46.8 Å². The van der Waals surface area contributed by atoms with Crippen LogP contribution in [0.1, 0.15) is 39.3 Å². The van der Waals surface area contributed by atoms with E-state index < -0.39 is 26.9 Å². The van der Waals surface area contributed by atoms with Gasteiger partial charge >= 0.3 is 5.97 Å². The fourth-order valence-electron chi connectivity index (χ4n) is 5.05. The maximum absolute atomic E-state index is 14.2. The van der Waals surface area contributed by atoms with E-state index in [0.717, 1.165) is 11.1 Å². The van der Waals surface area contributed by atoms with Crippen LogP contribution in [-0.4, -0.2) is 45.0 Å². The second kappa shape index (κ2) is 11.3. The van der Waals surface area contributed by atoms with Crippen LogP contribution in [0.4, 0.5) is 4.39 Å². The first-order valence-electron chi connectivity index (χ1n) is 13.5. The van der Waals surface area contributed by atoms with Gasteiger partial charge in [0.2, 0.25) is 5.88 Å². The Balaban J connectivity index is 1.21. The van der Waals surface area contributed by atoms with Gasteiger partial charge in [-0.05, 0) is 48.4 Å². The van der Waals surface area contributed by atoms with Crippen LogP contribution in [0, 0.1) is 17.1 Å². The van der Waals surface area contributed by atoms with E-state index in [9.17, 15) is 22.7 Å². The third-order valence-corrected chi connectivity index (χ3v) is 9.79. The van der Waals surface area contributed by atoms with Gasteiger partial charge in [0.15, 0.2) is 9.84 Å². The molecule has 1 atom stereocenters. The summed E-state index contributed by atoms with van der Waals surface area (Å²) in [5.74, 6) is -0.446. The highest BCUT2D eigenvalue weighted by molar-refractivity contribution is 7.93. The first kappa shape index (κ1) is 28.1. The molecule has 216 valence electrons. The predicted molar refractivity (Wildman–Crippen MR) is 157 cm³/mol. The van der Waals surface area contributed by atoms with Crippen molar-refractivity contribution >= 4 is 26.8 Å². The second-order valence-corrected chi connectivity index (χ2v) is 12.8. The fourth-order valence-corrected chi connectivity index (χ4v) is 6.38. The van der Waals surface area contributed by atoms with Gasteiger partial charge in [-0.25, -0.2) is 27.6 Å². The molecular formula is C32H25FN4O5S. The predicted octanol–water partition coefficient (Wildman–Crippen LogP) is 5.16. The number of sulfone groups is 1. The molecule has 3 aromatic carbocycles. The number of aromatic nitrogens is 3. The monoisotopic (exact) mass is 596 g/mol. The Hall–Kier alpha value is -5.08. The molecule has 0 amide bonds. The van der Waals surface area contributed by atoms with Gasteiger partial charge < -0.3 is 14.4 Å². The fraction of sp³-hybridized carbons (Fsp3) is 0.188. The Morgan fingerprint density at radius 2 is 1.88 bits per heavy atom. The number of halogens is 1. The molecule has 43 heavy (non-hydrogen) atoms. The smallest absolute Gasteiger partial charge is 0.335 e. The van der Waals surface area contributed by atoms with Crippen molar-refractivity contribution in [3.05, 3.63) is 113 Å². The summed E-state index contributed by atoms with van der Waals surface area (Å²) in [6, 6.07) is 23.8. The van der Waals surface area contributed by atoms with Crippen LogP contribution in [-0.2, 0) is 29.4 Å². The summed E-state index contributed by atoms with van der Waals surface area (Å²) in [6.45, 7) is 0.183. The van der Waals surface area contributed by atoms with Crippen molar-refractivity contribution in [3.8, 4) is 23.2 Å². The molecule has 0 unspecified atom stereocenters. The number of nitriles is 1. The highest BCUT2D eigenvalue weighted by atomic mass is 32.2. The first-order valence-corrected chi connectivity index (χ1v) is 15.2. The van der Waals surface area contributed by atoms with Crippen molar-refractivity contribution in [2.75, 3.05) is 5.75 Å². The number of aromatic carboxylic acids is 1. The molecule has 0 saturated carbocycles. The van der Waals surface area contributed by atoms with Crippen molar-refractivity contribution in [1.29, 1.82) is 5.26 Å². The van der Waals surface area contributed by atoms with E-state index in [2.05, 4.69) is 4.98 Å². The number of hydrogen-bond acceptors (Lipinski definition) is 7. The lowest BCUT2D eigenvalue weighted by molar-refractivity contribution is 0.0697. The van der Waals surface area contributed by atoms with Gasteiger partial charge in [0, 0.05) is 30.2 Å². The van der Waals surface area contributed by atoms with Gasteiger partial charge in [0.25, 0.3) is 0 Å². The molecule has 1 aliphatic rings. The van der Waals surface area contributed by atoms with Gasteiger partial charge in [-0.1, -0.05) is 36.4 Å². The summed E-state index contributed by atoms with van der Waals surface area (Å²) in [6.07, 6.45) is 0.976. The molecule has 0 bridgehead atoms. The average molecular weight is 597 g/mol. The summed E-state index contributed by atoms with van der Waals surface area (Å²) < 4.78 is 46.4. The normalized spacial score (nSPS) is 15.5. The molecule has 1 saturated heterocycles. The molecule has 0 radical (unpaired) electrons. The number of carboxylic acid groups (broad SMARTS) is 1. The van der Waals surface area contributed by atoms with Crippen molar-refractivity contribution in [2.24, 2.45) is 0 Å². The Morgan fingerprint density at radius 1 is 1.07 bits per heavy atom. The van der Waals surface area contributed by atoms with Crippen LogP contribution in [0.5, 0.6) is 5.88 Å². The SMILES string of the molecule is N#Cc1ccc(COc2cccc(-c3ccc(Cc4nc5ccc(C(=O)O)cc5n4C[C@H]4CCS4(=O)=O)cc3)n2)c(F)c1. The highest BCUT2D eigenvalue weighted by Gasteiger charge is 2.36. The number of benzene rings is 3. The maximum Gasteiger partial charge on any atom is 0.335 e. The zero-order valence-electron chi connectivity index (χ0n) is 22.8. The first-order chi connectivity index (χ1) is 20.7. The van der Waals surface area contributed by atoms with Crippen molar-refractivity contribution < 1.29 is 27.4 Å². The van der Waals surface area contributed by atoms with E-state index in [-0.39, 0.29) is 30.0 Å². The van der Waals surface area contributed by atoms with Crippen LogP contribution in [0.25, 0.3) is 22.3 Å². The van der Waals surface area contributed by atoms with Crippen LogP contribution < -0.4 is 4.74 Å². The molecule has 1 N–H and O–H groups in total. The van der Waals surface area contributed by atoms with Crippen molar-refractivity contribution in [3.63, 3.8) is 0 Å². The molecule has 2 aromatic heterocycles. The van der Waals surface area contributed by atoms with E-state index >= 15 is 0 Å². The van der Waals surface area contributed by atoms with Gasteiger partial charge in [-0.15, -0.1) is 0 Å². The summed E-state index contributed by atoms with van der Waals surface area (Å²) in [5.41, 5.74) is 4.29. The van der Waals surface area contributed by atoms with E-state index in [4.69, 9.17) is 15.0 Å². The van der Waals surface area contributed by atoms with Gasteiger partial charge in [-0.2, -0.15) is 5.26 Å². The second-order valence-electron chi connectivity index (χ2n) is 10.4. The molecule has 6 rings (SSSR count). The molecule has 9 nitrogen and oxygen atoms in total. The zero-order chi connectivity index (χ0) is 30.1. The topological polar surface area (TPSA) is 135 Å². The quantitative estimate of drug-likeness (QED) is 0.246. The van der Waals surface area contributed by atoms with E-state index in [1.807, 2.05) is 41.0 Å². The van der Waals surface area contributed by atoms with E-state index in [1.165, 1.54) is 24.3 Å². The number of hydrogen-bond donors (Lipinski definition) is 1. The number of carbonyl (C=O) groups is 1. The molecule has 5 aromatic rings. The minimum atomic E-state index is -3.16. The molecule has 3 heterocycles. The minimum Gasteiger partial charge on any atom is -0.478 e. The number of rotatable bonds is 9. The van der Waals surface area contributed by atoms with Crippen molar-refractivity contribution in [2.45, 2.75) is 31.2 Å². The Bertz CT molecular complexity index is 2020. The molecule has 1 aliphatic heterocycles. The van der Waals surface area contributed by atoms with Gasteiger partial charge in [0.05, 0.1) is 44.9 Å². The largest absolute Gasteiger partial charge is 0.478 e. The molecule has 1 fully saturated rings. The molecule has 11 heteroatoms. The van der Waals surface area contributed by atoms with Crippen LogP contribution >= 0.6 is 0 Å².